The number of carbonyl (C=O) groups is 1. The van der Waals surface area contributed by atoms with Gasteiger partial charge in [-0.15, -0.1) is 11.3 Å². The Balaban J connectivity index is 1.24. The summed E-state index contributed by atoms with van der Waals surface area (Å²) in [7, 11) is 0. The zero-order chi connectivity index (χ0) is 20.1. The number of likely N-dealkylation sites (tertiary alicyclic amines) is 1. The number of thiazole rings is 1. The number of hydrogen-bond donors (Lipinski definition) is 1. The van der Waals surface area contributed by atoms with Gasteiger partial charge in [0.15, 0.2) is 0 Å². The molecular formula is C23H24ClN3OS. The maximum Gasteiger partial charge on any atom is 0.226 e. The first-order valence-corrected chi connectivity index (χ1v) is 11.2. The minimum Gasteiger partial charge on any atom is -0.353 e. The fraction of sp³-hybridized carbons (Fsp3) is 0.304. The summed E-state index contributed by atoms with van der Waals surface area (Å²) in [5.74, 6) is 0.0551. The molecule has 4 nitrogen and oxygen atoms in total. The number of hydrogen-bond acceptors (Lipinski definition) is 4. The maximum absolute atomic E-state index is 12.5. The Hall–Kier alpha value is -2.21. The third-order valence-electron chi connectivity index (χ3n) is 5.19. The lowest BCUT2D eigenvalue weighted by molar-refractivity contribution is -0.121. The average Bonchev–Trinajstić information content (AvgIpc) is 3.19. The van der Waals surface area contributed by atoms with Crippen molar-refractivity contribution in [3.05, 3.63) is 76.3 Å². The summed E-state index contributed by atoms with van der Waals surface area (Å²) in [6.45, 7) is 3.00. The highest BCUT2D eigenvalue weighted by Crippen LogP contribution is 2.25. The van der Waals surface area contributed by atoms with Crippen LogP contribution in [0.4, 0.5) is 0 Å². The highest BCUT2D eigenvalue weighted by molar-refractivity contribution is 7.13. The quantitative estimate of drug-likeness (QED) is 0.617. The van der Waals surface area contributed by atoms with Gasteiger partial charge in [-0.05, 0) is 30.5 Å². The third kappa shape index (κ3) is 5.66. The van der Waals surface area contributed by atoms with Crippen molar-refractivity contribution < 1.29 is 4.79 Å². The Morgan fingerprint density at radius 3 is 2.55 bits per heavy atom. The lowest BCUT2D eigenvalue weighted by Crippen LogP contribution is -2.44. The molecule has 0 bridgehead atoms. The number of nitrogens with one attached hydrogen (secondary N) is 1. The SMILES string of the molecule is O=C(Cc1csc(-c2ccc(Cl)cc2)n1)NC1CCN(Cc2ccccc2)CC1. The highest BCUT2D eigenvalue weighted by Gasteiger charge is 2.21. The maximum atomic E-state index is 12.5. The monoisotopic (exact) mass is 425 g/mol. The van der Waals surface area contributed by atoms with Gasteiger partial charge in [-0.2, -0.15) is 0 Å². The Morgan fingerprint density at radius 1 is 1.10 bits per heavy atom. The summed E-state index contributed by atoms with van der Waals surface area (Å²) in [5, 5.41) is 6.78. The van der Waals surface area contributed by atoms with Crippen LogP contribution in [0.15, 0.2) is 60.0 Å². The third-order valence-corrected chi connectivity index (χ3v) is 6.38. The normalized spacial score (nSPS) is 15.3. The topological polar surface area (TPSA) is 45.2 Å². The van der Waals surface area contributed by atoms with Gasteiger partial charge in [-0.1, -0.05) is 54.1 Å². The Kier molecular flexibility index (Phi) is 6.60. The van der Waals surface area contributed by atoms with Crippen LogP contribution in [0.25, 0.3) is 10.6 Å². The van der Waals surface area contributed by atoms with E-state index in [-0.39, 0.29) is 11.9 Å². The number of aromatic nitrogens is 1. The van der Waals surface area contributed by atoms with E-state index in [4.69, 9.17) is 11.6 Å². The van der Waals surface area contributed by atoms with Crippen molar-refractivity contribution in [2.75, 3.05) is 13.1 Å². The van der Waals surface area contributed by atoms with Crippen LogP contribution in [0.2, 0.25) is 5.02 Å². The van der Waals surface area contributed by atoms with Gasteiger partial charge in [0, 0.05) is 41.6 Å². The molecule has 0 unspecified atom stereocenters. The van der Waals surface area contributed by atoms with Crippen molar-refractivity contribution in [3.63, 3.8) is 0 Å². The van der Waals surface area contributed by atoms with E-state index in [1.165, 1.54) is 5.56 Å². The van der Waals surface area contributed by atoms with Gasteiger partial charge in [0.1, 0.15) is 5.01 Å². The minimum atomic E-state index is 0.0551. The first kappa shape index (κ1) is 20.1. The average molecular weight is 426 g/mol. The van der Waals surface area contributed by atoms with Crippen LogP contribution in [0.5, 0.6) is 0 Å². The van der Waals surface area contributed by atoms with Crippen LogP contribution in [-0.4, -0.2) is 34.9 Å². The van der Waals surface area contributed by atoms with Crippen LogP contribution in [-0.2, 0) is 17.8 Å². The van der Waals surface area contributed by atoms with Gasteiger partial charge in [0.2, 0.25) is 5.91 Å². The van der Waals surface area contributed by atoms with Crippen LogP contribution >= 0.6 is 22.9 Å². The summed E-state index contributed by atoms with van der Waals surface area (Å²) >= 11 is 7.50. The lowest BCUT2D eigenvalue weighted by atomic mass is 10.0. The number of halogens is 1. The first-order chi connectivity index (χ1) is 14.2. The lowest BCUT2D eigenvalue weighted by Gasteiger charge is -2.32. The van der Waals surface area contributed by atoms with Gasteiger partial charge in [0.05, 0.1) is 12.1 Å². The molecule has 3 aromatic rings. The summed E-state index contributed by atoms with van der Waals surface area (Å²) in [6, 6.07) is 18.4. The standard InChI is InChI=1S/C23H24ClN3OS/c24-19-8-6-18(7-9-19)23-26-21(16-29-23)14-22(28)25-20-10-12-27(13-11-20)15-17-4-2-1-3-5-17/h1-9,16,20H,10-15H2,(H,25,28). The Bertz CT molecular complexity index is 934. The molecule has 29 heavy (non-hydrogen) atoms. The molecule has 1 amide bonds. The highest BCUT2D eigenvalue weighted by atomic mass is 35.5. The van der Waals surface area contributed by atoms with Crippen LogP contribution < -0.4 is 5.32 Å². The molecule has 6 heteroatoms. The molecule has 1 aromatic heterocycles. The van der Waals surface area contributed by atoms with E-state index in [9.17, 15) is 4.79 Å². The van der Waals surface area contributed by atoms with E-state index >= 15 is 0 Å². The molecular weight excluding hydrogens is 402 g/mol. The number of piperidine rings is 1. The van der Waals surface area contributed by atoms with Crippen molar-refractivity contribution in [1.29, 1.82) is 0 Å². The molecule has 2 aromatic carbocycles. The van der Waals surface area contributed by atoms with Gasteiger partial charge in [-0.3, -0.25) is 9.69 Å². The summed E-state index contributed by atoms with van der Waals surface area (Å²) < 4.78 is 0. The van der Waals surface area contributed by atoms with Gasteiger partial charge in [0.25, 0.3) is 0 Å². The predicted octanol–water partition coefficient (Wildman–Crippen LogP) is 4.79. The molecule has 0 spiro atoms. The smallest absolute Gasteiger partial charge is 0.226 e. The summed E-state index contributed by atoms with van der Waals surface area (Å²) in [5.41, 5.74) is 3.19. The van der Waals surface area contributed by atoms with E-state index in [1.807, 2.05) is 35.7 Å². The van der Waals surface area contributed by atoms with Crippen molar-refractivity contribution in [3.8, 4) is 10.6 Å². The number of rotatable bonds is 6. The van der Waals surface area contributed by atoms with E-state index in [0.717, 1.165) is 48.7 Å². The van der Waals surface area contributed by atoms with Crippen LogP contribution in [0.1, 0.15) is 24.1 Å². The predicted molar refractivity (Wildman–Crippen MR) is 119 cm³/mol. The first-order valence-electron chi connectivity index (χ1n) is 9.92. The fourth-order valence-electron chi connectivity index (χ4n) is 3.63. The molecule has 0 atom stereocenters. The number of benzene rings is 2. The molecule has 1 saturated heterocycles. The van der Waals surface area contributed by atoms with E-state index in [2.05, 4.69) is 39.5 Å². The van der Waals surface area contributed by atoms with Crippen molar-refractivity contribution in [2.45, 2.75) is 31.8 Å². The van der Waals surface area contributed by atoms with Crippen molar-refractivity contribution >= 4 is 28.8 Å². The van der Waals surface area contributed by atoms with E-state index in [1.54, 1.807) is 11.3 Å². The minimum absolute atomic E-state index is 0.0551. The number of nitrogens with zero attached hydrogens (tertiary/aromatic N) is 2. The summed E-state index contributed by atoms with van der Waals surface area (Å²) in [6.07, 6.45) is 2.31. The second-order valence-electron chi connectivity index (χ2n) is 7.43. The Labute approximate surface area is 180 Å². The molecule has 2 heterocycles. The largest absolute Gasteiger partial charge is 0.353 e. The van der Waals surface area contributed by atoms with Gasteiger partial charge < -0.3 is 5.32 Å². The van der Waals surface area contributed by atoms with Gasteiger partial charge in [-0.25, -0.2) is 4.98 Å². The molecule has 0 aliphatic carbocycles. The number of amides is 1. The van der Waals surface area contributed by atoms with Crippen molar-refractivity contribution in [1.82, 2.24) is 15.2 Å². The van der Waals surface area contributed by atoms with Crippen LogP contribution in [0.3, 0.4) is 0 Å². The van der Waals surface area contributed by atoms with Gasteiger partial charge >= 0.3 is 0 Å². The molecule has 1 aliphatic rings. The zero-order valence-electron chi connectivity index (χ0n) is 16.2. The molecule has 1 fully saturated rings. The Morgan fingerprint density at radius 2 is 1.83 bits per heavy atom. The van der Waals surface area contributed by atoms with E-state index < -0.39 is 0 Å². The van der Waals surface area contributed by atoms with E-state index in [0.29, 0.717) is 11.4 Å². The second kappa shape index (κ2) is 9.53. The van der Waals surface area contributed by atoms with Crippen molar-refractivity contribution in [2.24, 2.45) is 0 Å². The van der Waals surface area contributed by atoms with Crippen LogP contribution in [0, 0.1) is 0 Å². The molecule has 0 radical (unpaired) electrons. The second-order valence-corrected chi connectivity index (χ2v) is 8.73. The summed E-state index contributed by atoms with van der Waals surface area (Å²) in [4.78, 5) is 19.5. The molecule has 150 valence electrons. The molecule has 0 saturated carbocycles. The zero-order valence-corrected chi connectivity index (χ0v) is 17.8. The molecule has 4 rings (SSSR count). The molecule has 1 aliphatic heterocycles. The number of carbonyl (C=O) groups excluding carboxylic acids is 1. The fourth-order valence-corrected chi connectivity index (χ4v) is 4.59. The molecule has 1 N–H and O–H groups in total.